The molecule has 5 heteroatoms. The van der Waals surface area contributed by atoms with E-state index in [4.69, 9.17) is 5.11 Å². The van der Waals surface area contributed by atoms with E-state index in [-0.39, 0.29) is 12.5 Å². The zero-order valence-electron chi connectivity index (χ0n) is 11.7. The Morgan fingerprint density at radius 1 is 1.48 bits per heavy atom. The van der Waals surface area contributed by atoms with Gasteiger partial charge in [-0.2, -0.15) is 0 Å². The zero-order valence-corrected chi connectivity index (χ0v) is 12.5. The van der Waals surface area contributed by atoms with Gasteiger partial charge in [0.25, 0.3) is 5.91 Å². The van der Waals surface area contributed by atoms with Crippen LogP contribution in [0.3, 0.4) is 0 Å². The summed E-state index contributed by atoms with van der Waals surface area (Å²) in [5.41, 5.74) is 2.43. The van der Waals surface area contributed by atoms with E-state index in [1.165, 1.54) is 11.3 Å². The number of hydrogen-bond donors (Lipinski definition) is 2. The van der Waals surface area contributed by atoms with Crippen molar-refractivity contribution in [3.8, 4) is 11.8 Å². The second-order valence-electron chi connectivity index (χ2n) is 4.41. The van der Waals surface area contributed by atoms with Gasteiger partial charge in [0.1, 0.15) is 5.01 Å². The Morgan fingerprint density at radius 2 is 2.33 bits per heavy atom. The highest BCUT2D eigenvalue weighted by Gasteiger charge is 2.07. The summed E-state index contributed by atoms with van der Waals surface area (Å²) in [7, 11) is 0. The first-order chi connectivity index (χ1) is 10.2. The van der Waals surface area contributed by atoms with Gasteiger partial charge in [-0.1, -0.05) is 11.8 Å². The van der Waals surface area contributed by atoms with Crippen molar-refractivity contribution in [2.24, 2.45) is 0 Å². The van der Waals surface area contributed by atoms with Gasteiger partial charge in [-0.25, -0.2) is 4.98 Å². The lowest BCUT2D eigenvalue weighted by Gasteiger charge is -2.05. The van der Waals surface area contributed by atoms with Crippen LogP contribution in [0.2, 0.25) is 0 Å². The molecule has 0 aliphatic carbocycles. The molecule has 0 unspecified atom stereocenters. The van der Waals surface area contributed by atoms with Crippen molar-refractivity contribution in [1.29, 1.82) is 0 Å². The highest BCUT2D eigenvalue weighted by atomic mass is 32.1. The molecule has 0 aliphatic heterocycles. The van der Waals surface area contributed by atoms with Crippen LogP contribution in [0.5, 0.6) is 0 Å². The molecule has 108 valence electrons. The molecule has 0 spiro atoms. The lowest BCUT2D eigenvalue weighted by molar-refractivity contribution is 0.0951. The van der Waals surface area contributed by atoms with Crippen molar-refractivity contribution in [3.63, 3.8) is 0 Å². The number of aromatic nitrogens is 1. The number of hydrogen-bond acceptors (Lipinski definition) is 4. The van der Waals surface area contributed by atoms with Gasteiger partial charge in [0, 0.05) is 29.1 Å². The Balaban J connectivity index is 2.02. The first kappa shape index (κ1) is 15.2. The van der Waals surface area contributed by atoms with Crippen LogP contribution < -0.4 is 5.32 Å². The summed E-state index contributed by atoms with van der Waals surface area (Å²) in [5, 5.41) is 14.3. The normalized spacial score (nSPS) is 9.81. The van der Waals surface area contributed by atoms with Crippen LogP contribution in [-0.4, -0.2) is 22.6 Å². The van der Waals surface area contributed by atoms with E-state index in [1.807, 2.05) is 24.4 Å². The molecule has 2 rings (SSSR count). The van der Waals surface area contributed by atoms with Crippen molar-refractivity contribution in [1.82, 2.24) is 10.3 Å². The highest BCUT2D eigenvalue weighted by Crippen LogP contribution is 2.11. The van der Waals surface area contributed by atoms with E-state index in [9.17, 15) is 4.79 Å². The predicted molar refractivity (Wildman–Crippen MR) is 83.0 cm³/mol. The molecular weight excluding hydrogens is 284 g/mol. The molecular formula is C16H16N2O2S. The summed E-state index contributed by atoms with van der Waals surface area (Å²) in [4.78, 5) is 16.2. The number of benzene rings is 1. The van der Waals surface area contributed by atoms with Crippen molar-refractivity contribution >= 4 is 17.2 Å². The number of rotatable bonds is 4. The van der Waals surface area contributed by atoms with Gasteiger partial charge in [-0.05, 0) is 30.7 Å². The fourth-order valence-electron chi connectivity index (χ4n) is 1.76. The molecule has 21 heavy (non-hydrogen) atoms. The maximum Gasteiger partial charge on any atom is 0.251 e. The highest BCUT2D eigenvalue weighted by molar-refractivity contribution is 7.09. The number of aliphatic hydroxyl groups excluding tert-OH is 1. The Morgan fingerprint density at radius 3 is 3.00 bits per heavy atom. The van der Waals surface area contributed by atoms with Crippen molar-refractivity contribution < 1.29 is 9.90 Å². The van der Waals surface area contributed by atoms with E-state index >= 15 is 0 Å². The fourth-order valence-corrected chi connectivity index (χ4v) is 2.31. The van der Waals surface area contributed by atoms with Crippen LogP contribution in [0.1, 0.15) is 32.9 Å². The molecule has 0 bridgehead atoms. The second-order valence-corrected chi connectivity index (χ2v) is 5.39. The second kappa shape index (κ2) is 7.58. The van der Waals surface area contributed by atoms with Crippen LogP contribution >= 0.6 is 11.3 Å². The van der Waals surface area contributed by atoms with Gasteiger partial charge >= 0.3 is 0 Å². The SMILES string of the molecule is Cc1cc(C(=O)NCc2nccs2)ccc1C#CCCO. The molecule has 4 nitrogen and oxygen atoms in total. The van der Waals surface area contributed by atoms with Gasteiger partial charge < -0.3 is 10.4 Å². The summed E-state index contributed by atoms with van der Waals surface area (Å²) in [6, 6.07) is 5.41. The Labute approximate surface area is 127 Å². The third kappa shape index (κ3) is 4.42. The molecule has 0 atom stereocenters. The van der Waals surface area contributed by atoms with Crippen molar-refractivity contribution in [3.05, 3.63) is 51.5 Å². The Kier molecular flexibility index (Phi) is 5.50. The number of nitrogens with zero attached hydrogens (tertiary/aromatic N) is 1. The van der Waals surface area contributed by atoms with Gasteiger partial charge in [-0.3, -0.25) is 4.79 Å². The van der Waals surface area contributed by atoms with E-state index in [2.05, 4.69) is 22.1 Å². The third-order valence-electron chi connectivity index (χ3n) is 2.83. The van der Waals surface area contributed by atoms with Crippen LogP contribution in [0.15, 0.2) is 29.8 Å². The molecule has 1 aromatic heterocycles. The minimum Gasteiger partial charge on any atom is -0.395 e. The predicted octanol–water partition coefficient (Wildman–Crippen LogP) is 2.12. The van der Waals surface area contributed by atoms with Crippen LogP contribution in [0.4, 0.5) is 0 Å². The first-order valence-electron chi connectivity index (χ1n) is 6.57. The monoisotopic (exact) mass is 300 g/mol. The zero-order chi connectivity index (χ0) is 15.1. The van der Waals surface area contributed by atoms with Crippen LogP contribution in [0.25, 0.3) is 0 Å². The maximum atomic E-state index is 12.1. The number of aliphatic hydroxyl groups is 1. The van der Waals surface area contributed by atoms with Crippen molar-refractivity contribution in [2.45, 2.75) is 19.9 Å². The number of carbonyl (C=O) groups is 1. The van der Waals surface area contributed by atoms with Crippen LogP contribution in [-0.2, 0) is 6.54 Å². The first-order valence-corrected chi connectivity index (χ1v) is 7.45. The van der Waals surface area contributed by atoms with E-state index in [1.54, 1.807) is 12.3 Å². The quantitative estimate of drug-likeness (QED) is 0.850. The summed E-state index contributed by atoms with van der Waals surface area (Å²) in [5.74, 6) is 5.74. The molecule has 2 aromatic rings. The molecule has 1 aromatic carbocycles. The minimum atomic E-state index is -0.122. The number of aryl methyl sites for hydroxylation is 1. The minimum absolute atomic E-state index is 0.0588. The maximum absolute atomic E-state index is 12.1. The van der Waals surface area contributed by atoms with E-state index < -0.39 is 0 Å². The molecule has 0 saturated carbocycles. The summed E-state index contributed by atoms with van der Waals surface area (Å²) in [6.45, 7) is 2.41. The lowest BCUT2D eigenvalue weighted by Crippen LogP contribution is -2.22. The Bertz CT molecular complexity index is 669. The largest absolute Gasteiger partial charge is 0.395 e. The molecule has 1 amide bonds. The van der Waals surface area contributed by atoms with Gasteiger partial charge in [0.2, 0.25) is 0 Å². The Hall–Kier alpha value is -2.16. The molecule has 0 saturated heterocycles. The summed E-state index contributed by atoms with van der Waals surface area (Å²) >= 11 is 1.51. The summed E-state index contributed by atoms with van der Waals surface area (Å²) < 4.78 is 0. The molecule has 0 radical (unpaired) electrons. The molecule has 1 heterocycles. The summed E-state index contributed by atoms with van der Waals surface area (Å²) in [6.07, 6.45) is 2.17. The molecule has 0 aliphatic rings. The smallest absolute Gasteiger partial charge is 0.251 e. The standard InChI is InChI=1S/C16H16N2O2S/c1-12-10-14(6-5-13(12)4-2-3-8-19)16(20)18-11-15-17-7-9-21-15/h5-7,9-10,19H,3,8,11H2,1H3,(H,18,20). The number of amides is 1. The number of thiazole rings is 1. The number of nitrogens with one attached hydrogen (secondary N) is 1. The van der Waals surface area contributed by atoms with Crippen molar-refractivity contribution in [2.75, 3.05) is 6.61 Å². The average Bonchev–Trinajstić information content (AvgIpc) is 3.00. The molecule has 2 N–H and O–H groups in total. The van der Waals surface area contributed by atoms with Crippen LogP contribution in [0, 0.1) is 18.8 Å². The van der Waals surface area contributed by atoms with Gasteiger partial charge in [0.15, 0.2) is 0 Å². The number of carbonyl (C=O) groups excluding carboxylic acids is 1. The lowest BCUT2D eigenvalue weighted by atomic mass is 10.0. The fraction of sp³-hybridized carbons (Fsp3) is 0.250. The topological polar surface area (TPSA) is 62.2 Å². The third-order valence-corrected chi connectivity index (χ3v) is 3.61. The van der Waals surface area contributed by atoms with E-state index in [0.717, 1.165) is 16.1 Å². The van der Waals surface area contributed by atoms with Gasteiger partial charge in [-0.15, -0.1) is 11.3 Å². The van der Waals surface area contributed by atoms with Gasteiger partial charge in [0.05, 0.1) is 13.2 Å². The van der Waals surface area contributed by atoms with E-state index in [0.29, 0.717) is 18.5 Å². The average molecular weight is 300 g/mol. The molecule has 0 fully saturated rings.